The number of halogens is 1. The number of nitrogens with zero attached hydrogens (tertiary/aromatic N) is 2. The van der Waals surface area contributed by atoms with Crippen LogP contribution >= 0.6 is 11.6 Å². The number of aliphatic hydroxyl groups is 3. The van der Waals surface area contributed by atoms with Crippen molar-refractivity contribution in [2.75, 3.05) is 51.9 Å². The molecule has 0 aromatic heterocycles. The Morgan fingerprint density at radius 2 is 2.00 bits per heavy atom. The molecule has 2 aromatic carbocycles. The molecule has 2 aliphatic carbocycles. The fourth-order valence-corrected chi connectivity index (χ4v) is 8.22. The van der Waals surface area contributed by atoms with Crippen LogP contribution in [0.3, 0.4) is 0 Å². The monoisotopic (exact) mass is 609 g/mol. The van der Waals surface area contributed by atoms with Gasteiger partial charge in [0.25, 0.3) is 0 Å². The molecule has 0 radical (unpaired) electrons. The average Bonchev–Trinajstić information content (AvgIpc) is 3.14. The first-order chi connectivity index (χ1) is 20.6. The number of hydrogen-bond donors (Lipinski definition) is 3. The molecule has 2 aromatic rings. The molecule has 8 heteroatoms. The first kappa shape index (κ1) is 30.4. The Hall–Kier alpha value is -2.58. The van der Waals surface area contributed by atoms with Crippen LogP contribution in [0.2, 0.25) is 5.02 Å². The molecule has 3 N–H and O–H groups in total. The van der Waals surface area contributed by atoms with Crippen molar-refractivity contribution in [2.45, 2.75) is 69.0 Å². The summed E-state index contributed by atoms with van der Waals surface area (Å²) in [5.41, 5.74) is 2.24. The maximum absolute atomic E-state index is 11.7. The predicted molar refractivity (Wildman–Crippen MR) is 170 cm³/mol. The van der Waals surface area contributed by atoms with Crippen molar-refractivity contribution in [2.24, 2.45) is 11.3 Å². The van der Waals surface area contributed by atoms with Gasteiger partial charge in [-0.2, -0.15) is 0 Å². The first-order valence-electron chi connectivity index (χ1n) is 15.7. The molecule has 232 valence electrons. The van der Waals surface area contributed by atoms with E-state index in [1.54, 1.807) is 11.7 Å². The van der Waals surface area contributed by atoms with E-state index >= 15 is 0 Å². The van der Waals surface area contributed by atoms with Crippen LogP contribution in [-0.2, 0) is 22.2 Å². The zero-order valence-electron chi connectivity index (χ0n) is 25.7. The molecule has 5 atom stereocenters. The van der Waals surface area contributed by atoms with Crippen LogP contribution in [-0.4, -0.2) is 78.9 Å². The summed E-state index contributed by atoms with van der Waals surface area (Å²) in [7, 11) is 3.61. The van der Waals surface area contributed by atoms with Crippen LogP contribution in [0.4, 0.5) is 5.69 Å². The Morgan fingerprint density at radius 3 is 2.74 bits per heavy atom. The number of methoxy groups -OCH3 is 1. The van der Waals surface area contributed by atoms with E-state index in [0.717, 1.165) is 68.1 Å². The van der Waals surface area contributed by atoms with Crippen LogP contribution < -0.4 is 9.64 Å². The highest BCUT2D eigenvalue weighted by molar-refractivity contribution is 6.30. The Morgan fingerprint density at radius 1 is 1.16 bits per heavy atom. The van der Waals surface area contributed by atoms with Gasteiger partial charge < -0.3 is 29.7 Å². The van der Waals surface area contributed by atoms with Gasteiger partial charge in [0.15, 0.2) is 0 Å². The highest BCUT2D eigenvalue weighted by Crippen LogP contribution is 2.52. The summed E-state index contributed by atoms with van der Waals surface area (Å²) in [4.78, 5) is 2.47. The molecule has 1 unspecified atom stereocenters. The number of benzene rings is 2. The van der Waals surface area contributed by atoms with Crippen molar-refractivity contribution < 1.29 is 29.4 Å². The second kappa shape index (κ2) is 11.7. The largest absolute Gasteiger partial charge is 0.490 e. The standard InChI is InChI=1S/C35H45ClN2O5/c1-33-15-13-28(33)30(42-3)8-4-5-16-37(2)32(40)19-35(41,22-39)25-9-12-31-29(18-25)38(20-33)21-34(23-43-31)14-6-7-24-17-26(36)10-11-27(24)34/h4,8-12,17-18,28,30,39,41H,5-7,13-16,19-23H2,1-3H3/p+1/t28-,30-,33?,34-,35-/m0/s1. The third-order valence-corrected chi connectivity index (χ3v) is 11.1. The van der Waals surface area contributed by atoms with Crippen LogP contribution in [0.25, 0.3) is 0 Å². The number of aryl methyl sites for hydroxylation is 1. The summed E-state index contributed by atoms with van der Waals surface area (Å²) in [6.07, 6.45) is 10.3. The van der Waals surface area contributed by atoms with Gasteiger partial charge in [-0.05, 0) is 84.4 Å². The predicted octanol–water partition coefficient (Wildman–Crippen LogP) is 5.37. The van der Waals surface area contributed by atoms with Gasteiger partial charge in [0.05, 0.1) is 25.0 Å². The molecular weight excluding hydrogens is 564 g/mol. The van der Waals surface area contributed by atoms with Crippen LogP contribution in [0.1, 0.15) is 62.1 Å². The molecular formula is C35H46ClN2O5+. The van der Waals surface area contributed by atoms with Crippen LogP contribution in [0.5, 0.6) is 5.75 Å². The SMILES string of the molecule is CO[C@H]1C=CCC[N+](C)=C(O)C[C@](O)(CO)c2ccc3c(c2)N(CC2(C)CC[C@@H]12)C[C@@]1(CCCc2cc(Cl)ccc21)CO3. The molecule has 1 spiro atoms. The summed E-state index contributed by atoms with van der Waals surface area (Å²) >= 11 is 6.44. The molecule has 1 saturated carbocycles. The van der Waals surface area contributed by atoms with Crippen molar-refractivity contribution in [1.29, 1.82) is 0 Å². The molecule has 0 saturated heterocycles. The lowest BCUT2D eigenvalue weighted by molar-refractivity contribution is -0.506. The fraction of sp³-hybridized carbons (Fsp3) is 0.571. The Kier molecular flexibility index (Phi) is 8.31. The van der Waals surface area contributed by atoms with E-state index in [0.29, 0.717) is 24.6 Å². The summed E-state index contributed by atoms with van der Waals surface area (Å²) in [5.74, 6) is 1.17. The van der Waals surface area contributed by atoms with Crippen molar-refractivity contribution in [1.82, 2.24) is 0 Å². The maximum atomic E-state index is 11.7. The van der Waals surface area contributed by atoms with Crippen LogP contribution in [0, 0.1) is 11.3 Å². The van der Waals surface area contributed by atoms with Gasteiger partial charge in [0, 0.05) is 37.1 Å². The number of fused-ring (bicyclic) bond motifs is 4. The second-order valence-corrected chi connectivity index (χ2v) is 14.1. The quantitative estimate of drug-likeness (QED) is 0.313. The highest BCUT2D eigenvalue weighted by atomic mass is 35.5. The van der Waals surface area contributed by atoms with E-state index in [2.05, 4.69) is 36.1 Å². The fourth-order valence-electron chi connectivity index (χ4n) is 8.03. The number of hydrogen-bond acceptors (Lipinski definition) is 5. The molecule has 7 nitrogen and oxygen atoms in total. The Balaban J connectivity index is 1.48. The lowest BCUT2D eigenvalue weighted by atomic mass is 9.58. The van der Waals surface area contributed by atoms with Gasteiger partial charge in [0.2, 0.25) is 0 Å². The minimum atomic E-state index is -1.64. The van der Waals surface area contributed by atoms with Crippen molar-refractivity contribution in [3.05, 3.63) is 70.3 Å². The third-order valence-electron chi connectivity index (χ3n) is 10.8. The summed E-state index contributed by atoms with van der Waals surface area (Å²) in [6.45, 7) is 4.59. The average molecular weight is 610 g/mol. The molecule has 2 bridgehead atoms. The minimum absolute atomic E-state index is 0.00843. The van der Waals surface area contributed by atoms with Gasteiger partial charge in [-0.15, -0.1) is 0 Å². The van der Waals surface area contributed by atoms with Gasteiger partial charge in [-0.25, -0.2) is 4.58 Å². The lowest BCUT2D eigenvalue weighted by Gasteiger charge is -2.53. The van der Waals surface area contributed by atoms with Gasteiger partial charge in [-0.3, -0.25) is 0 Å². The van der Waals surface area contributed by atoms with Crippen LogP contribution in [0.15, 0.2) is 48.6 Å². The van der Waals surface area contributed by atoms with E-state index < -0.39 is 12.2 Å². The zero-order valence-corrected chi connectivity index (χ0v) is 26.4. The number of anilines is 1. The van der Waals surface area contributed by atoms with E-state index in [1.165, 1.54) is 11.1 Å². The topological polar surface area (TPSA) is 85.4 Å². The van der Waals surface area contributed by atoms with E-state index in [4.69, 9.17) is 21.1 Å². The molecule has 1 fully saturated rings. The lowest BCUT2D eigenvalue weighted by Crippen LogP contribution is -2.54. The molecule has 2 heterocycles. The van der Waals surface area contributed by atoms with E-state index in [-0.39, 0.29) is 29.3 Å². The van der Waals surface area contributed by atoms with Gasteiger partial charge in [-0.1, -0.05) is 42.8 Å². The van der Waals surface area contributed by atoms with Crippen molar-refractivity contribution in [3.63, 3.8) is 0 Å². The third kappa shape index (κ3) is 5.58. The maximum Gasteiger partial charge on any atom is 0.336 e. The second-order valence-electron chi connectivity index (χ2n) is 13.7. The van der Waals surface area contributed by atoms with E-state index in [9.17, 15) is 15.3 Å². The Bertz CT molecular complexity index is 1430. The summed E-state index contributed by atoms with van der Waals surface area (Å²) in [5, 5.41) is 33.9. The smallest absolute Gasteiger partial charge is 0.336 e. The highest BCUT2D eigenvalue weighted by Gasteiger charge is 2.50. The van der Waals surface area contributed by atoms with Crippen molar-refractivity contribution in [3.8, 4) is 5.75 Å². The molecule has 2 aliphatic heterocycles. The summed E-state index contributed by atoms with van der Waals surface area (Å²) in [6, 6.07) is 12.0. The minimum Gasteiger partial charge on any atom is -0.490 e. The molecule has 4 aliphatic rings. The normalized spacial score (nSPS) is 32.8. The molecule has 43 heavy (non-hydrogen) atoms. The number of ether oxygens (including phenoxy) is 2. The van der Waals surface area contributed by atoms with Crippen molar-refractivity contribution >= 4 is 23.2 Å². The van der Waals surface area contributed by atoms with E-state index in [1.807, 2.05) is 31.3 Å². The van der Waals surface area contributed by atoms with Gasteiger partial charge in [0.1, 0.15) is 31.4 Å². The first-order valence-corrected chi connectivity index (χ1v) is 16.1. The van der Waals surface area contributed by atoms with Gasteiger partial charge >= 0.3 is 5.90 Å². The molecule has 0 amide bonds. The number of aliphatic hydroxyl groups excluding tert-OH is 2. The Labute approximate surface area is 260 Å². The molecule has 6 rings (SSSR count). The summed E-state index contributed by atoms with van der Waals surface area (Å²) < 4.78 is 14.5. The number of rotatable bonds is 2. The zero-order chi connectivity index (χ0) is 30.4.